The van der Waals surface area contributed by atoms with Crippen LogP contribution < -0.4 is 5.56 Å². The first-order valence-corrected chi connectivity index (χ1v) is 18.0. The van der Waals surface area contributed by atoms with Gasteiger partial charge in [0.25, 0.3) is 11.5 Å². The van der Waals surface area contributed by atoms with Crippen LogP contribution in [0.25, 0.3) is 21.6 Å². The van der Waals surface area contributed by atoms with Crippen LogP contribution in [-0.2, 0) is 17.9 Å². The fourth-order valence-corrected chi connectivity index (χ4v) is 8.34. The number of thiazole rings is 1. The number of amides is 2. The van der Waals surface area contributed by atoms with E-state index in [0.29, 0.717) is 30.1 Å². The third-order valence-electron chi connectivity index (χ3n) is 10.2. The van der Waals surface area contributed by atoms with Gasteiger partial charge in [0.2, 0.25) is 5.91 Å². The van der Waals surface area contributed by atoms with Gasteiger partial charge in [-0.3, -0.25) is 23.9 Å². The van der Waals surface area contributed by atoms with Crippen molar-refractivity contribution in [3.63, 3.8) is 0 Å². The molecule has 5 aromatic rings. The molecule has 0 saturated carbocycles. The molecule has 1 aromatic carbocycles. The molecule has 0 unspecified atom stereocenters. The minimum absolute atomic E-state index is 0.0363. The molecule has 4 aromatic heterocycles. The van der Waals surface area contributed by atoms with Gasteiger partial charge in [-0.2, -0.15) is 13.2 Å². The second-order valence-electron chi connectivity index (χ2n) is 13.8. The Labute approximate surface area is 301 Å². The van der Waals surface area contributed by atoms with E-state index in [4.69, 9.17) is 0 Å². The molecule has 7 rings (SSSR count). The molecule has 15 heteroatoms. The van der Waals surface area contributed by atoms with Crippen molar-refractivity contribution < 1.29 is 27.9 Å². The summed E-state index contributed by atoms with van der Waals surface area (Å²) in [4.78, 5) is 58.5. The van der Waals surface area contributed by atoms with E-state index in [1.54, 1.807) is 11.1 Å². The highest BCUT2D eigenvalue weighted by Crippen LogP contribution is 2.37. The molecule has 2 amide bonds. The first-order chi connectivity index (χ1) is 24.8. The van der Waals surface area contributed by atoms with E-state index in [1.807, 2.05) is 61.2 Å². The topological polar surface area (TPSA) is 126 Å². The number of nitrogens with zero attached hydrogens (tertiary/aromatic N) is 7. The summed E-state index contributed by atoms with van der Waals surface area (Å²) >= 11 is 1.34. The molecule has 2 aliphatic rings. The summed E-state index contributed by atoms with van der Waals surface area (Å²) in [7, 11) is 0. The Morgan fingerprint density at radius 3 is 2.42 bits per heavy atom. The first-order valence-electron chi connectivity index (χ1n) is 17.2. The smallest absolute Gasteiger partial charge is 0.388 e. The number of alkyl halides is 3. The zero-order valence-electron chi connectivity index (χ0n) is 28.7. The number of halogens is 3. The van der Waals surface area contributed by atoms with Gasteiger partial charge in [0.05, 0.1) is 23.2 Å². The summed E-state index contributed by atoms with van der Waals surface area (Å²) in [6.45, 7) is 3.66. The van der Waals surface area contributed by atoms with Crippen LogP contribution in [0.4, 0.5) is 13.2 Å². The number of likely N-dealkylation sites (tertiary alicyclic amines) is 2. The lowest BCUT2D eigenvalue weighted by Crippen LogP contribution is -2.53. The molecule has 2 saturated heterocycles. The third kappa shape index (κ3) is 7.24. The van der Waals surface area contributed by atoms with Crippen molar-refractivity contribution in [1.29, 1.82) is 0 Å². The van der Waals surface area contributed by atoms with Crippen molar-refractivity contribution in [2.24, 2.45) is 5.92 Å². The van der Waals surface area contributed by atoms with Crippen molar-refractivity contribution in [1.82, 2.24) is 33.9 Å². The molecule has 0 bridgehead atoms. The number of piperidine rings is 2. The highest BCUT2D eigenvalue weighted by Gasteiger charge is 2.42. The zero-order valence-corrected chi connectivity index (χ0v) is 29.5. The van der Waals surface area contributed by atoms with Gasteiger partial charge in [-0.05, 0) is 56.9 Å². The number of carbonyl (C=O) groups is 2. The Morgan fingerprint density at radius 2 is 1.73 bits per heavy atom. The molecule has 2 aliphatic heterocycles. The second kappa shape index (κ2) is 13.9. The van der Waals surface area contributed by atoms with Crippen LogP contribution in [0.15, 0.2) is 72.0 Å². The number of pyridine rings is 1. The van der Waals surface area contributed by atoms with Crippen LogP contribution >= 0.6 is 11.3 Å². The molecule has 11 nitrogen and oxygen atoms in total. The van der Waals surface area contributed by atoms with Gasteiger partial charge in [-0.1, -0.05) is 30.3 Å². The minimum Gasteiger partial charge on any atom is -0.388 e. The molecule has 0 aliphatic carbocycles. The third-order valence-corrected chi connectivity index (χ3v) is 11.4. The fraction of sp³-hybridized carbons (Fsp3) is 0.405. The molecule has 0 radical (unpaired) electrons. The quantitative estimate of drug-likeness (QED) is 0.244. The molecular weight excluding hydrogens is 696 g/mol. The van der Waals surface area contributed by atoms with E-state index in [-0.39, 0.29) is 67.2 Å². The lowest BCUT2D eigenvalue weighted by atomic mass is 9.79. The van der Waals surface area contributed by atoms with Gasteiger partial charge in [0.1, 0.15) is 28.4 Å². The lowest BCUT2D eigenvalue weighted by Gasteiger charge is -2.43. The van der Waals surface area contributed by atoms with Gasteiger partial charge in [0, 0.05) is 61.7 Å². The normalized spacial score (nSPS) is 19.3. The maximum Gasteiger partial charge on any atom is 0.406 e. The SMILES string of the molecule is Cc1ccc(-c2nc(C)c(C(=O)N3CC[C@@H](C(=O)N4CCC(O)(Cn5cnc6c(ccn6CC(F)(F)F)c5=O)CC4)[C@H](c4ccccc4)C3)s2)cn1. The number of rotatable bonds is 7. The number of aryl methyl sites for hydroxylation is 2. The first kappa shape index (κ1) is 35.5. The molecule has 1 N–H and O–H groups in total. The van der Waals surface area contributed by atoms with Crippen molar-refractivity contribution in [2.45, 2.75) is 63.9 Å². The van der Waals surface area contributed by atoms with Crippen LogP contribution in [-0.4, -0.2) is 88.8 Å². The molecule has 2 atom stereocenters. The fourth-order valence-electron chi connectivity index (χ4n) is 7.32. The largest absolute Gasteiger partial charge is 0.406 e. The average Bonchev–Trinajstić information content (AvgIpc) is 3.72. The van der Waals surface area contributed by atoms with Crippen molar-refractivity contribution >= 4 is 34.2 Å². The Morgan fingerprint density at radius 1 is 0.981 bits per heavy atom. The van der Waals surface area contributed by atoms with Crippen LogP contribution in [0.1, 0.15) is 51.8 Å². The van der Waals surface area contributed by atoms with Crippen molar-refractivity contribution in [2.75, 3.05) is 26.2 Å². The average molecular weight is 734 g/mol. The highest BCUT2D eigenvalue weighted by atomic mass is 32.1. The van der Waals surface area contributed by atoms with Crippen LogP contribution in [0.2, 0.25) is 0 Å². The van der Waals surface area contributed by atoms with Crippen LogP contribution in [0, 0.1) is 19.8 Å². The van der Waals surface area contributed by atoms with E-state index in [1.165, 1.54) is 34.5 Å². The Balaban J connectivity index is 1.03. The number of aliphatic hydroxyl groups is 1. The number of fused-ring (bicyclic) bond motifs is 1. The maximum absolute atomic E-state index is 14.2. The van der Waals surface area contributed by atoms with Gasteiger partial charge in [0.15, 0.2) is 0 Å². The predicted molar refractivity (Wildman–Crippen MR) is 189 cm³/mol. The molecule has 272 valence electrons. The number of hydrogen-bond donors (Lipinski definition) is 1. The van der Waals surface area contributed by atoms with Crippen LogP contribution in [0.3, 0.4) is 0 Å². The van der Waals surface area contributed by atoms with Gasteiger partial charge >= 0.3 is 6.18 Å². The van der Waals surface area contributed by atoms with E-state index < -0.39 is 23.9 Å². The lowest BCUT2D eigenvalue weighted by molar-refractivity contribution is -0.142. The Kier molecular flexibility index (Phi) is 9.50. The number of hydrogen-bond acceptors (Lipinski definition) is 8. The molecular formula is C37H38F3N7O4S. The maximum atomic E-state index is 14.2. The standard InChI is InChI=1S/C37H38F3N7O4S/c1-23-8-9-26(18-41-23)32-43-24(2)30(52-32)35(50)45-14-10-27(29(19-45)25-6-4-3-5-7-25)33(48)44-16-12-36(51,13-17-44)20-47-22-42-31-28(34(47)49)11-15-46(31)21-37(38,39)40/h3-9,11,15,18,22,27,29,51H,10,12-14,16-17,19-21H2,1-2H3/t27-,29+/m1/s1. The summed E-state index contributed by atoms with van der Waals surface area (Å²) in [5.41, 5.74) is 1.43. The minimum atomic E-state index is -4.47. The van der Waals surface area contributed by atoms with E-state index >= 15 is 0 Å². The van der Waals surface area contributed by atoms with E-state index in [9.17, 15) is 32.7 Å². The summed E-state index contributed by atoms with van der Waals surface area (Å²) in [6.07, 6.45) is 0.507. The summed E-state index contributed by atoms with van der Waals surface area (Å²) in [5, 5.41) is 12.3. The van der Waals surface area contributed by atoms with Gasteiger partial charge in [-0.15, -0.1) is 11.3 Å². The van der Waals surface area contributed by atoms with E-state index in [0.717, 1.165) is 26.4 Å². The number of carbonyl (C=O) groups excluding carboxylic acids is 2. The summed E-state index contributed by atoms with van der Waals surface area (Å²) in [6, 6.07) is 14.9. The molecule has 0 spiro atoms. The van der Waals surface area contributed by atoms with Gasteiger partial charge < -0.3 is 19.5 Å². The predicted octanol–water partition coefficient (Wildman–Crippen LogP) is 5.20. The Hall–Kier alpha value is -4.89. The number of benzene rings is 1. The molecule has 2 fully saturated rings. The summed E-state index contributed by atoms with van der Waals surface area (Å²) in [5.74, 6) is -0.792. The monoisotopic (exact) mass is 733 g/mol. The Bertz CT molecular complexity index is 2160. The summed E-state index contributed by atoms with van der Waals surface area (Å²) < 4.78 is 41.0. The van der Waals surface area contributed by atoms with Gasteiger partial charge in [-0.25, -0.2) is 9.97 Å². The van der Waals surface area contributed by atoms with Crippen molar-refractivity contribution in [3.8, 4) is 10.6 Å². The van der Waals surface area contributed by atoms with E-state index in [2.05, 4.69) is 15.0 Å². The zero-order chi connectivity index (χ0) is 36.8. The molecule has 52 heavy (non-hydrogen) atoms. The second-order valence-corrected chi connectivity index (χ2v) is 14.8. The highest BCUT2D eigenvalue weighted by molar-refractivity contribution is 7.17. The molecule has 6 heterocycles. The number of aromatic nitrogens is 5. The van der Waals surface area contributed by atoms with Crippen molar-refractivity contribution in [3.05, 3.63) is 99.4 Å². The van der Waals surface area contributed by atoms with Crippen LogP contribution in [0.5, 0.6) is 0 Å².